The predicted molar refractivity (Wildman–Crippen MR) is 88.0 cm³/mol. The third-order valence-electron chi connectivity index (χ3n) is 3.42. The molecular formula is C18H24N2O. The molecule has 3 heteroatoms. The molecule has 1 heterocycles. The Morgan fingerprint density at radius 3 is 2.57 bits per heavy atom. The van der Waals surface area contributed by atoms with E-state index in [1.807, 2.05) is 19.2 Å². The van der Waals surface area contributed by atoms with Crippen molar-refractivity contribution in [3.05, 3.63) is 53.2 Å². The van der Waals surface area contributed by atoms with E-state index in [1.165, 1.54) is 11.1 Å². The first-order valence-corrected chi connectivity index (χ1v) is 7.27. The van der Waals surface area contributed by atoms with Crippen molar-refractivity contribution in [3.63, 3.8) is 0 Å². The van der Waals surface area contributed by atoms with Crippen LogP contribution in [0.1, 0.15) is 37.5 Å². The fourth-order valence-electron chi connectivity index (χ4n) is 2.23. The minimum atomic E-state index is 0.0669. The lowest BCUT2D eigenvalue weighted by Crippen LogP contribution is -2.13. The van der Waals surface area contributed by atoms with Gasteiger partial charge in [0.2, 0.25) is 0 Å². The first-order valence-electron chi connectivity index (χ1n) is 7.27. The highest BCUT2D eigenvalue weighted by atomic mass is 16.5. The van der Waals surface area contributed by atoms with Gasteiger partial charge >= 0.3 is 0 Å². The summed E-state index contributed by atoms with van der Waals surface area (Å²) in [5.41, 5.74) is 3.62. The Bertz CT molecular complexity index is 615. The maximum absolute atomic E-state index is 6.07. The van der Waals surface area contributed by atoms with Crippen molar-refractivity contribution >= 4 is 5.82 Å². The number of nitrogens with one attached hydrogen (secondary N) is 1. The lowest BCUT2D eigenvalue weighted by Gasteiger charge is -2.23. The zero-order valence-electron chi connectivity index (χ0n) is 13.5. The van der Waals surface area contributed by atoms with Gasteiger partial charge in [-0.1, -0.05) is 32.9 Å². The number of anilines is 1. The molecule has 3 nitrogen and oxygen atoms in total. The molecule has 1 aromatic carbocycles. The number of ether oxygens (including phenoxy) is 1. The van der Waals surface area contributed by atoms with E-state index in [-0.39, 0.29) is 5.41 Å². The monoisotopic (exact) mass is 284 g/mol. The number of benzene rings is 1. The summed E-state index contributed by atoms with van der Waals surface area (Å²) in [6.45, 7) is 9.25. The molecule has 0 saturated carbocycles. The molecule has 2 aromatic rings. The zero-order chi connectivity index (χ0) is 15.5. The van der Waals surface area contributed by atoms with E-state index in [0.717, 1.165) is 17.1 Å². The van der Waals surface area contributed by atoms with Crippen LogP contribution in [0.4, 0.5) is 5.82 Å². The number of aromatic nitrogens is 1. The predicted octanol–water partition coefficient (Wildman–Crippen LogP) is 4.31. The molecule has 112 valence electrons. The first-order chi connectivity index (χ1) is 9.90. The van der Waals surface area contributed by atoms with Crippen LogP contribution in [0.15, 0.2) is 36.5 Å². The molecule has 2 rings (SSSR count). The fraction of sp³-hybridized carbons (Fsp3) is 0.389. The van der Waals surface area contributed by atoms with Gasteiger partial charge in [-0.2, -0.15) is 0 Å². The summed E-state index contributed by atoms with van der Waals surface area (Å²) in [5, 5.41) is 3.04. The summed E-state index contributed by atoms with van der Waals surface area (Å²) in [5.74, 6) is 1.82. The van der Waals surface area contributed by atoms with Crippen molar-refractivity contribution in [2.45, 2.75) is 39.7 Å². The summed E-state index contributed by atoms with van der Waals surface area (Å²) in [7, 11) is 1.87. The molecule has 0 aliphatic carbocycles. The summed E-state index contributed by atoms with van der Waals surface area (Å²) in [6, 6.07) is 10.4. The van der Waals surface area contributed by atoms with Gasteiger partial charge in [0.05, 0.1) is 0 Å². The average molecular weight is 284 g/mol. The lowest BCUT2D eigenvalue weighted by atomic mass is 9.86. The molecule has 0 amide bonds. The van der Waals surface area contributed by atoms with Crippen LogP contribution < -0.4 is 10.1 Å². The Morgan fingerprint density at radius 1 is 1.14 bits per heavy atom. The number of hydrogen-bond donors (Lipinski definition) is 1. The molecule has 1 N–H and O–H groups in total. The molecule has 0 atom stereocenters. The van der Waals surface area contributed by atoms with E-state index in [9.17, 15) is 0 Å². The molecule has 0 spiro atoms. The van der Waals surface area contributed by atoms with Crippen molar-refractivity contribution in [2.75, 3.05) is 12.4 Å². The zero-order valence-corrected chi connectivity index (χ0v) is 13.5. The van der Waals surface area contributed by atoms with E-state index in [2.05, 4.69) is 56.2 Å². The van der Waals surface area contributed by atoms with Gasteiger partial charge in [-0.3, -0.25) is 0 Å². The Balaban J connectivity index is 2.21. The Labute approximate surface area is 127 Å². The largest absolute Gasteiger partial charge is 0.489 e. The molecule has 0 aliphatic rings. The molecule has 1 aromatic heterocycles. The van der Waals surface area contributed by atoms with E-state index >= 15 is 0 Å². The molecule has 0 radical (unpaired) electrons. The third kappa shape index (κ3) is 3.97. The van der Waals surface area contributed by atoms with Gasteiger partial charge in [0.25, 0.3) is 0 Å². The van der Waals surface area contributed by atoms with Crippen LogP contribution in [0.2, 0.25) is 0 Å². The summed E-state index contributed by atoms with van der Waals surface area (Å²) in [6.07, 6.45) is 1.80. The van der Waals surface area contributed by atoms with Gasteiger partial charge < -0.3 is 10.1 Å². The van der Waals surface area contributed by atoms with Crippen LogP contribution in [-0.2, 0) is 12.0 Å². The van der Waals surface area contributed by atoms with Gasteiger partial charge in [-0.25, -0.2) is 4.98 Å². The average Bonchev–Trinajstić information content (AvgIpc) is 2.44. The SMILES string of the molecule is CNc1cc(COc2cc(C)ccc2C(C)(C)C)ccn1. The van der Waals surface area contributed by atoms with Gasteiger partial charge in [-0.05, 0) is 47.2 Å². The molecule has 21 heavy (non-hydrogen) atoms. The number of rotatable bonds is 4. The third-order valence-corrected chi connectivity index (χ3v) is 3.42. The first kappa shape index (κ1) is 15.4. The van der Waals surface area contributed by atoms with Crippen LogP contribution in [-0.4, -0.2) is 12.0 Å². The second-order valence-electron chi connectivity index (χ2n) is 6.34. The minimum absolute atomic E-state index is 0.0669. The van der Waals surface area contributed by atoms with Crippen molar-refractivity contribution < 1.29 is 4.74 Å². The summed E-state index contributed by atoms with van der Waals surface area (Å²) < 4.78 is 6.07. The van der Waals surface area contributed by atoms with Crippen molar-refractivity contribution in [1.82, 2.24) is 4.98 Å². The Morgan fingerprint density at radius 2 is 1.90 bits per heavy atom. The number of aryl methyl sites for hydroxylation is 1. The number of pyridine rings is 1. The molecule has 0 unspecified atom stereocenters. The number of hydrogen-bond acceptors (Lipinski definition) is 3. The van der Waals surface area contributed by atoms with Gasteiger partial charge in [0.15, 0.2) is 0 Å². The standard InChI is InChI=1S/C18H24N2O/c1-13-6-7-15(18(2,3)4)16(10-13)21-12-14-8-9-20-17(11-14)19-5/h6-11H,12H2,1-5H3,(H,19,20). The van der Waals surface area contributed by atoms with Crippen LogP contribution in [0, 0.1) is 6.92 Å². The normalized spacial score (nSPS) is 11.3. The molecular weight excluding hydrogens is 260 g/mol. The van der Waals surface area contributed by atoms with Crippen LogP contribution in [0.5, 0.6) is 5.75 Å². The Kier molecular flexibility index (Phi) is 4.51. The van der Waals surface area contributed by atoms with Gasteiger partial charge in [-0.15, -0.1) is 0 Å². The topological polar surface area (TPSA) is 34.1 Å². The van der Waals surface area contributed by atoms with Gasteiger partial charge in [0.1, 0.15) is 18.2 Å². The number of nitrogens with zero attached hydrogens (tertiary/aromatic N) is 1. The highest BCUT2D eigenvalue weighted by Gasteiger charge is 2.19. The summed E-state index contributed by atoms with van der Waals surface area (Å²) >= 11 is 0. The maximum atomic E-state index is 6.07. The van der Waals surface area contributed by atoms with Crippen LogP contribution >= 0.6 is 0 Å². The quantitative estimate of drug-likeness (QED) is 0.908. The molecule has 0 bridgehead atoms. The van der Waals surface area contributed by atoms with E-state index < -0.39 is 0 Å². The van der Waals surface area contributed by atoms with Gasteiger partial charge in [0, 0.05) is 13.2 Å². The maximum Gasteiger partial charge on any atom is 0.126 e. The summed E-state index contributed by atoms with van der Waals surface area (Å²) in [4.78, 5) is 4.22. The van der Waals surface area contributed by atoms with E-state index in [1.54, 1.807) is 6.20 Å². The van der Waals surface area contributed by atoms with Crippen LogP contribution in [0.3, 0.4) is 0 Å². The smallest absolute Gasteiger partial charge is 0.126 e. The Hall–Kier alpha value is -2.03. The molecule has 0 aliphatic heterocycles. The second-order valence-corrected chi connectivity index (χ2v) is 6.34. The minimum Gasteiger partial charge on any atom is -0.489 e. The fourth-order valence-corrected chi connectivity index (χ4v) is 2.23. The lowest BCUT2D eigenvalue weighted by molar-refractivity contribution is 0.297. The molecule has 0 fully saturated rings. The van der Waals surface area contributed by atoms with Crippen molar-refractivity contribution in [3.8, 4) is 5.75 Å². The highest BCUT2D eigenvalue weighted by molar-refractivity contribution is 5.42. The molecule has 0 saturated heterocycles. The van der Waals surface area contributed by atoms with E-state index in [4.69, 9.17) is 4.74 Å². The van der Waals surface area contributed by atoms with Crippen molar-refractivity contribution in [2.24, 2.45) is 0 Å². The second kappa shape index (κ2) is 6.17. The highest BCUT2D eigenvalue weighted by Crippen LogP contribution is 2.32. The van der Waals surface area contributed by atoms with Crippen LogP contribution in [0.25, 0.3) is 0 Å². The van der Waals surface area contributed by atoms with Crippen molar-refractivity contribution in [1.29, 1.82) is 0 Å². The van der Waals surface area contributed by atoms with E-state index in [0.29, 0.717) is 6.61 Å².